The molecule has 2 heterocycles. The van der Waals surface area contributed by atoms with Crippen LogP contribution in [0.5, 0.6) is 0 Å². The molecule has 22 heavy (non-hydrogen) atoms. The van der Waals surface area contributed by atoms with Crippen molar-refractivity contribution in [1.82, 2.24) is 15.0 Å². The number of aromatic nitrogens is 2. The molecular formula is C16H17N3O3. The Morgan fingerprint density at radius 3 is 2.68 bits per heavy atom. The highest BCUT2D eigenvalue weighted by molar-refractivity contribution is 5.90. The smallest absolute Gasteiger partial charge is 0.335 e. The number of benzene rings is 1. The second-order valence-corrected chi connectivity index (χ2v) is 6.31. The van der Waals surface area contributed by atoms with Gasteiger partial charge in [-0.25, -0.2) is 4.79 Å². The van der Waals surface area contributed by atoms with E-state index in [-0.39, 0.29) is 17.1 Å². The Morgan fingerprint density at radius 2 is 2.09 bits per heavy atom. The Balaban J connectivity index is 1.62. The Bertz CT molecular complexity index is 745. The number of nitrogens with one attached hydrogen (secondary N) is 1. The summed E-state index contributed by atoms with van der Waals surface area (Å²) in [5, 5.41) is 3.52. The lowest BCUT2D eigenvalue weighted by molar-refractivity contribution is 0.0711. The number of nitrogens with zero attached hydrogens (tertiary/aromatic N) is 2. The summed E-state index contributed by atoms with van der Waals surface area (Å²) in [6.07, 6.45) is 3.50. The second-order valence-electron chi connectivity index (χ2n) is 6.31. The summed E-state index contributed by atoms with van der Waals surface area (Å²) < 4.78 is 4.44. The quantitative estimate of drug-likeness (QED) is 0.916. The van der Waals surface area contributed by atoms with Gasteiger partial charge in [-0.05, 0) is 29.0 Å². The van der Waals surface area contributed by atoms with Gasteiger partial charge in [0, 0.05) is 19.0 Å². The fourth-order valence-electron chi connectivity index (χ4n) is 3.88. The molecule has 1 N–H and O–H groups in total. The number of hydrogen-bond donors (Lipinski definition) is 1. The van der Waals surface area contributed by atoms with Gasteiger partial charge in [-0.3, -0.25) is 14.3 Å². The molecule has 0 bridgehead atoms. The third-order valence-corrected chi connectivity index (χ3v) is 5.13. The summed E-state index contributed by atoms with van der Waals surface area (Å²) in [4.78, 5) is 27.7. The van der Waals surface area contributed by atoms with Crippen LogP contribution in [0.2, 0.25) is 0 Å². The van der Waals surface area contributed by atoms with Crippen LogP contribution in [0.4, 0.5) is 0 Å². The molecule has 2 fully saturated rings. The summed E-state index contributed by atoms with van der Waals surface area (Å²) in [5.74, 6) is -0.603. The fraction of sp³-hybridized carbons (Fsp3) is 0.438. The molecular weight excluding hydrogens is 282 g/mol. The van der Waals surface area contributed by atoms with Crippen LogP contribution in [0.15, 0.2) is 39.6 Å². The van der Waals surface area contributed by atoms with Gasteiger partial charge >= 0.3 is 5.76 Å². The predicted octanol–water partition coefficient (Wildman–Crippen LogP) is 1.77. The van der Waals surface area contributed by atoms with Gasteiger partial charge in [-0.1, -0.05) is 36.8 Å². The van der Waals surface area contributed by atoms with Crippen LogP contribution in [0.3, 0.4) is 0 Å². The first-order valence-corrected chi connectivity index (χ1v) is 7.58. The lowest BCUT2D eigenvalue weighted by atomic mass is 9.61. The number of rotatable bonds is 2. The van der Waals surface area contributed by atoms with Gasteiger partial charge in [0.15, 0.2) is 0 Å². The summed E-state index contributed by atoms with van der Waals surface area (Å²) >= 11 is 0. The number of likely N-dealkylation sites (tertiary alicyclic amines) is 1. The third-order valence-electron chi connectivity index (χ3n) is 5.13. The maximum atomic E-state index is 12.5. The molecule has 4 rings (SSSR count). The predicted molar refractivity (Wildman–Crippen MR) is 78.5 cm³/mol. The average molecular weight is 299 g/mol. The first-order valence-electron chi connectivity index (χ1n) is 7.58. The van der Waals surface area contributed by atoms with E-state index in [1.165, 1.54) is 12.0 Å². The van der Waals surface area contributed by atoms with Crippen molar-refractivity contribution in [2.24, 2.45) is 5.41 Å². The number of H-pyrrole nitrogens is 1. The molecule has 6 nitrogen and oxygen atoms in total. The molecule has 1 aliphatic heterocycles. The monoisotopic (exact) mass is 299 g/mol. The van der Waals surface area contributed by atoms with Crippen LogP contribution >= 0.6 is 0 Å². The fourth-order valence-corrected chi connectivity index (χ4v) is 3.88. The molecule has 2 aromatic rings. The van der Waals surface area contributed by atoms with Gasteiger partial charge in [-0.2, -0.15) is 0 Å². The van der Waals surface area contributed by atoms with Gasteiger partial charge in [0.2, 0.25) is 5.82 Å². The molecule has 1 saturated heterocycles. The van der Waals surface area contributed by atoms with Crippen molar-refractivity contribution in [2.75, 3.05) is 13.1 Å². The second kappa shape index (κ2) is 4.83. The van der Waals surface area contributed by atoms with E-state index in [1.807, 2.05) is 18.2 Å². The van der Waals surface area contributed by atoms with E-state index in [0.29, 0.717) is 12.5 Å². The van der Waals surface area contributed by atoms with E-state index >= 15 is 0 Å². The normalized spacial score (nSPS) is 22.7. The zero-order chi connectivity index (χ0) is 15.2. The van der Waals surface area contributed by atoms with Crippen LogP contribution in [0.25, 0.3) is 0 Å². The molecule has 6 heteroatoms. The average Bonchev–Trinajstić information content (AvgIpc) is 3.11. The summed E-state index contributed by atoms with van der Waals surface area (Å²) in [6, 6.07) is 10.4. The van der Waals surface area contributed by atoms with Gasteiger partial charge in [0.1, 0.15) is 0 Å². The molecule has 1 aliphatic carbocycles. The van der Waals surface area contributed by atoms with Gasteiger partial charge in [-0.15, -0.1) is 0 Å². The van der Waals surface area contributed by atoms with E-state index in [4.69, 9.17) is 0 Å². The Labute approximate surface area is 127 Å². The molecule has 1 aromatic carbocycles. The molecule has 1 saturated carbocycles. The van der Waals surface area contributed by atoms with E-state index in [9.17, 15) is 9.59 Å². The minimum atomic E-state index is -0.694. The molecule has 114 valence electrons. The maximum absolute atomic E-state index is 12.5. The Kier molecular flexibility index (Phi) is 2.92. The standard InChI is InChI=1S/C16H17N3O3/c20-14(13-17-15(21)22-18-13)19-9-12(11-5-2-1-3-6-11)16(10-19)7-4-8-16/h1-3,5-6,12H,4,7-10H2,(H,17,18,21). The van der Waals surface area contributed by atoms with Crippen molar-refractivity contribution in [1.29, 1.82) is 0 Å². The molecule has 1 spiro atoms. The summed E-state index contributed by atoms with van der Waals surface area (Å²) in [7, 11) is 0. The molecule has 1 unspecified atom stereocenters. The van der Waals surface area contributed by atoms with Crippen LogP contribution in [-0.2, 0) is 0 Å². The van der Waals surface area contributed by atoms with Crippen LogP contribution < -0.4 is 5.76 Å². The maximum Gasteiger partial charge on any atom is 0.439 e. The molecule has 2 aliphatic rings. The van der Waals surface area contributed by atoms with E-state index in [0.717, 1.165) is 19.4 Å². The van der Waals surface area contributed by atoms with Crippen LogP contribution in [0.1, 0.15) is 41.4 Å². The molecule has 1 atom stereocenters. The minimum absolute atomic E-state index is 0.00631. The van der Waals surface area contributed by atoms with Crippen molar-refractivity contribution in [3.05, 3.63) is 52.3 Å². The zero-order valence-electron chi connectivity index (χ0n) is 12.1. The Hall–Kier alpha value is -2.37. The topological polar surface area (TPSA) is 79.2 Å². The van der Waals surface area contributed by atoms with Crippen molar-refractivity contribution in [3.8, 4) is 0 Å². The van der Waals surface area contributed by atoms with Gasteiger partial charge in [0.05, 0.1) is 0 Å². The largest absolute Gasteiger partial charge is 0.439 e. The van der Waals surface area contributed by atoms with Gasteiger partial charge in [0.25, 0.3) is 5.91 Å². The number of carbonyl (C=O) groups is 1. The van der Waals surface area contributed by atoms with Crippen molar-refractivity contribution in [2.45, 2.75) is 25.2 Å². The van der Waals surface area contributed by atoms with Crippen molar-refractivity contribution in [3.63, 3.8) is 0 Å². The SMILES string of the molecule is O=C(c1noc(=O)[nH]1)N1CC(c2ccccc2)C2(CCC2)C1. The first kappa shape index (κ1) is 13.3. The van der Waals surface area contributed by atoms with E-state index in [2.05, 4.69) is 26.8 Å². The lowest BCUT2D eigenvalue weighted by Crippen LogP contribution is -2.38. The molecule has 1 aromatic heterocycles. The highest BCUT2D eigenvalue weighted by Gasteiger charge is 2.52. The zero-order valence-corrected chi connectivity index (χ0v) is 12.1. The van der Waals surface area contributed by atoms with Crippen molar-refractivity contribution < 1.29 is 9.32 Å². The number of carbonyl (C=O) groups excluding carboxylic acids is 1. The summed E-state index contributed by atoms with van der Waals surface area (Å²) in [5.41, 5.74) is 1.47. The van der Waals surface area contributed by atoms with Crippen molar-refractivity contribution >= 4 is 5.91 Å². The Morgan fingerprint density at radius 1 is 1.32 bits per heavy atom. The van der Waals surface area contributed by atoms with E-state index < -0.39 is 5.76 Å². The highest BCUT2D eigenvalue weighted by atomic mass is 16.5. The number of aromatic amines is 1. The van der Waals surface area contributed by atoms with Crippen LogP contribution in [-0.4, -0.2) is 34.0 Å². The minimum Gasteiger partial charge on any atom is -0.335 e. The van der Waals surface area contributed by atoms with Crippen LogP contribution in [0, 0.1) is 5.41 Å². The third kappa shape index (κ3) is 1.98. The lowest BCUT2D eigenvalue weighted by Gasteiger charge is -2.42. The summed E-state index contributed by atoms with van der Waals surface area (Å²) in [6.45, 7) is 1.39. The van der Waals surface area contributed by atoms with E-state index in [1.54, 1.807) is 4.90 Å². The molecule has 1 amide bonds. The van der Waals surface area contributed by atoms with Gasteiger partial charge < -0.3 is 4.90 Å². The number of amides is 1. The first-order chi connectivity index (χ1) is 10.7. The highest BCUT2D eigenvalue weighted by Crippen LogP contribution is 2.55. The molecule has 0 radical (unpaired) electrons. The number of hydrogen-bond acceptors (Lipinski definition) is 4.